The molecule has 0 aromatic heterocycles. The van der Waals surface area contributed by atoms with Gasteiger partial charge in [-0.1, -0.05) is 0 Å². The van der Waals surface area contributed by atoms with Gasteiger partial charge in [0.2, 0.25) is 0 Å². The van der Waals surface area contributed by atoms with E-state index in [1.807, 2.05) is 0 Å². The summed E-state index contributed by atoms with van der Waals surface area (Å²) in [6.07, 6.45) is 1.66. The number of aliphatic hydroxyl groups excluding tert-OH is 1. The van der Waals surface area contributed by atoms with Gasteiger partial charge in [-0.05, 0) is 43.0 Å². The summed E-state index contributed by atoms with van der Waals surface area (Å²) in [6, 6.07) is 5.53. The smallest absolute Gasteiger partial charge is 0.321 e. The minimum Gasteiger partial charge on any atom is -0.396 e. The summed E-state index contributed by atoms with van der Waals surface area (Å²) < 4.78 is 12.7. The lowest BCUT2D eigenvalue weighted by Crippen LogP contribution is -2.33. The zero-order chi connectivity index (χ0) is 13.0. The maximum Gasteiger partial charge on any atom is 0.321 e. The Morgan fingerprint density at radius 2 is 2.17 bits per heavy atom. The fourth-order valence-corrected chi connectivity index (χ4v) is 2.17. The number of urea groups is 1. The van der Waals surface area contributed by atoms with Crippen LogP contribution in [0.25, 0.3) is 0 Å². The first kappa shape index (κ1) is 12.8. The van der Waals surface area contributed by atoms with Crippen molar-refractivity contribution in [3.8, 4) is 0 Å². The highest BCUT2D eigenvalue weighted by molar-refractivity contribution is 5.89. The molecule has 2 N–H and O–H groups in total. The number of hydrogen-bond donors (Lipinski definition) is 2. The Morgan fingerprint density at radius 1 is 1.44 bits per heavy atom. The lowest BCUT2D eigenvalue weighted by molar-refractivity contribution is 0.217. The molecule has 0 bridgehead atoms. The predicted octanol–water partition coefficient (Wildman–Crippen LogP) is 2.06. The highest BCUT2D eigenvalue weighted by Gasteiger charge is 2.25. The molecule has 1 fully saturated rings. The Hall–Kier alpha value is -1.62. The number of likely N-dealkylation sites (tertiary alicyclic amines) is 1. The van der Waals surface area contributed by atoms with Crippen molar-refractivity contribution in [2.24, 2.45) is 5.92 Å². The molecule has 2 amide bonds. The molecule has 0 saturated carbocycles. The Kier molecular flexibility index (Phi) is 4.15. The van der Waals surface area contributed by atoms with Gasteiger partial charge in [0.1, 0.15) is 5.82 Å². The number of halogens is 1. The third kappa shape index (κ3) is 3.20. The normalized spacial score (nSPS) is 19.0. The molecule has 18 heavy (non-hydrogen) atoms. The predicted molar refractivity (Wildman–Crippen MR) is 66.8 cm³/mol. The Labute approximate surface area is 105 Å². The molecule has 0 spiro atoms. The maximum absolute atomic E-state index is 12.7. The molecule has 98 valence electrons. The van der Waals surface area contributed by atoms with Gasteiger partial charge < -0.3 is 15.3 Å². The fourth-order valence-electron chi connectivity index (χ4n) is 2.17. The van der Waals surface area contributed by atoms with E-state index in [0.29, 0.717) is 24.7 Å². The van der Waals surface area contributed by atoms with Crippen molar-refractivity contribution in [3.05, 3.63) is 30.1 Å². The monoisotopic (exact) mass is 252 g/mol. The van der Waals surface area contributed by atoms with Crippen molar-refractivity contribution in [1.29, 1.82) is 0 Å². The number of amides is 2. The second-order valence-corrected chi connectivity index (χ2v) is 4.55. The second kappa shape index (κ2) is 5.82. The van der Waals surface area contributed by atoms with Gasteiger partial charge >= 0.3 is 6.03 Å². The van der Waals surface area contributed by atoms with Crippen LogP contribution in [-0.4, -0.2) is 35.7 Å². The van der Waals surface area contributed by atoms with Crippen LogP contribution in [0.5, 0.6) is 0 Å². The summed E-state index contributed by atoms with van der Waals surface area (Å²) in [5.41, 5.74) is 0.590. The number of benzene rings is 1. The SMILES string of the molecule is O=C(Nc1ccc(F)cc1)N1CCC(CCO)C1. The van der Waals surface area contributed by atoms with Gasteiger partial charge in [0, 0.05) is 25.4 Å². The summed E-state index contributed by atoms with van der Waals surface area (Å²) in [5.74, 6) is 0.0612. The summed E-state index contributed by atoms with van der Waals surface area (Å²) in [4.78, 5) is 13.6. The number of aliphatic hydroxyl groups is 1. The van der Waals surface area contributed by atoms with Crippen molar-refractivity contribution in [3.63, 3.8) is 0 Å². The van der Waals surface area contributed by atoms with Gasteiger partial charge in [-0.3, -0.25) is 0 Å². The first-order valence-corrected chi connectivity index (χ1v) is 6.11. The summed E-state index contributed by atoms with van der Waals surface area (Å²) in [6.45, 7) is 1.55. The number of hydrogen-bond acceptors (Lipinski definition) is 2. The first-order valence-electron chi connectivity index (χ1n) is 6.11. The van der Waals surface area contributed by atoms with E-state index in [9.17, 15) is 9.18 Å². The lowest BCUT2D eigenvalue weighted by Gasteiger charge is -2.17. The zero-order valence-electron chi connectivity index (χ0n) is 10.1. The number of nitrogens with zero attached hydrogens (tertiary/aromatic N) is 1. The van der Waals surface area contributed by atoms with Crippen LogP contribution in [0.4, 0.5) is 14.9 Å². The molecule has 0 aliphatic carbocycles. The molecule has 1 saturated heterocycles. The molecule has 2 rings (SSSR count). The Bertz CT molecular complexity index is 408. The van der Waals surface area contributed by atoms with Crippen LogP contribution in [0.2, 0.25) is 0 Å². The number of rotatable bonds is 3. The molecule has 1 atom stereocenters. The standard InChI is InChI=1S/C13H17FN2O2/c14-11-1-3-12(4-2-11)15-13(18)16-7-5-10(9-16)6-8-17/h1-4,10,17H,5-9H2,(H,15,18). The van der Waals surface area contributed by atoms with Crippen LogP contribution in [0.1, 0.15) is 12.8 Å². The van der Waals surface area contributed by atoms with Crippen molar-refractivity contribution >= 4 is 11.7 Å². The number of anilines is 1. The van der Waals surface area contributed by atoms with E-state index in [0.717, 1.165) is 12.8 Å². The van der Waals surface area contributed by atoms with E-state index in [1.54, 1.807) is 4.90 Å². The molecule has 1 unspecified atom stereocenters. The highest BCUT2D eigenvalue weighted by atomic mass is 19.1. The quantitative estimate of drug-likeness (QED) is 0.865. The second-order valence-electron chi connectivity index (χ2n) is 4.55. The molecular formula is C13H17FN2O2. The summed E-state index contributed by atoms with van der Waals surface area (Å²) in [5, 5.41) is 11.6. The van der Waals surface area contributed by atoms with E-state index < -0.39 is 0 Å². The van der Waals surface area contributed by atoms with E-state index in [-0.39, 0.29) is 18.5 Å². The molecule has 5 heteroatoms. The van der Waals surface area contributed by atoms with Gasteiger partial charge in [0.25, 0.3) is 0 Å². The van der Waals surface area contributed by atoms with Gasteiger partial charge in [0.05, 0.1) is 0 Å². The van der Waals surface area contributed by atoms with Crippen LogP contribution in [0.15, 0.2) is 24.3 Å². The molecule has 0 radical (unpaired) electrons. The van der Waals surface area contributed by atoms with E-state index in [2.05, 4.69) is 5.32 Å². The van der Waals surface area contributed by atoms with Crippen LogP contribution in [-0.2, 0) is 0 Å². The minimum absolute atomic E-state index is 0.165. The van der Waals surface area contributed by atoms with Gasteiger partial charge in [-0.25, -0.2) is 9.18 Å². The van der Waals surface area contributed by atoms with Crippen LogP contribution in [0, 0.1) is 11.7 Å². The molecule has 1 aliphatic rings. The molecule has 1 aliphatic heterocycles. The number of carbonyl (C=O) groups excluding carboxylic acids is 1. The molecule has 1 aromatic rings. The van der Waals surface area contributed by atoms with Crippen LogP contribution < -0.4 is 5.32 Å². The largest absolute Gasteiger partial charge is 0.396 e. The van der Waals surface area contributed by atoms with Crippen molar-refractivity contribution in [1.82, 2.24) is 4.90 Å². The highest BCUT2D eigenvalue weighted by Crippen LogP contribution is 2.20. The van der Waals surface area contributed by atoms with E-state index >= 15 is 0 Å². The topological polar surface area (TPSA) is 52.6 Å². The zero-order valence-corrected chi connectivity index (χ0v) is 10.1. The molecule has 1 aromatic carbocycles. The molecular weight excluding hydrogens is 235 g/mol. The van der Waals surface area contributed by atoms with Crippen molar-refractivity contribution < 1.29 is 14.3 Å². The Balaban J connectivity index is 1.87. The van der Waals surface area contributed by atoms with Crippen molar-refractivity contribution in [2.45, 2.75) is 12.8 Å². The Morgan fingerprint density at radius 3 is 2.83 bits per heavy atom. The third-order valence-electron chi connectivity index (χ3n) is 3.21. The van der Waals surface area contributed by atoms with Crippen molar-refractivity contribution in [2.75, 3.05) is 25.0 Å². The summed E-state index contributed by atoms with van der Waals surface area (Å²) >= 11 is 0. The number of carbonyl (C=O) groups is 1. The average molecular weight is 252 g/mol. The molecule has 1 heterocycles. The fraction of sp³-hybridized carbons (Fsp3) is 0.462. The average Bonchev–Trinajstić information content (AvgIpc) is 2.81. The van der Waals surface area contributed by atoms with Gasteiger partial charge in [-0.2, -0.15) is 0 Å². The van der Waals surface area contributed by atoms with Gasteiger partial charge in [-0.15, -0.1) is 0 Å². The third-order valence-corrected chi connectivity index (χ3v) is 3.21. The molecule has 4 nitrogen and oxygen atoms in total. The maximum atomic E-state index is 12.7. The van der Waals surface area contributed by atoms with Crippen LogP contribution in [0.3, 0.4) is 0 Å². The van der Waals surface area contributed by atoms with E-state index in [1.165, 1.54) is 24.3 Å². The summed E-state index contributed by atoms with van der Waals surface area (Å²) in [7, 11) is 0. The van der Waals surface area contributed by atoms with Crippen LogP contribution >= 0.6 is 0 Å². The number of nitrogens with one attached hydrogen (secondary N) is 1. The minimum atomic E-state index is -0.322. The lowest BCUT2D eigenvalue weighted by atomic mass is 10.1. The van der Waals surface area contributed by atoms with Gasteiger partial charge in [0.15, 0.2) is 0 Å². The first-order chi connectivity index (χ1) is 8.69. The van der Waals surface area contributed by atoms with E-state index in [4.69, 9.17) is 5.11 Å².